The van der Waals surface area contributed by atoms with Crippen LogP contribution in [0.1, 0.15) is 45.9 Å². The molecule has 1 amide bonds. The van der Waals surface area contributed by atoms with Crippen LogP contribution in [0.25, 0.3) is 5.82 Å². The number of thiophene rings is 1. The zero-order valence-corrected chi connectivity index (χ0v) is 17.0. The summed E-state index contributed by atoms with van der Waals surface area (Å²) >= 11 is 1.61. The molecule has 0 N–H and O–H groups in total. The fraction of sp³-hybridized carbons (Fsp3) is 0.368. The SMILES string of the molecule is CCC1c2ccsc2CCN1C(=O)c1cnn(-c2ccc(OC)nn2)c1C(F)(F)F. The number of hydrogen-bond acceptors (Lipinski definition) is 6. The summed E-state index contributed by atoms with van der Waals surface area (Å²) in [4.78, 5) is 15.9. The van der Waals surface area contributed by atoms with Gasteiger partial charge in [-0.2, -0.15) is 18.3 Å². The summed E-state index contributed by atoms with van der Waals surface area (Å²) < 4.78 is 47.4. The van der Waals surface area contributed by atoms with E-state index in [2.05, 4.69) is 15.3 Å². The van der Waals surface area contributed by atoms with Gasteiger partial charge in [0.25, 0.3) is 5.91 Å². The maximum atomic E-state index is 14.0. The van der Waals surface area contributed by atoms with Crippen molar-refractivity contribution in [3.8, 4) is 11.7 Å². The predicted molar refractivity (Wildman–Crippen MR) is 103 cm³/mol. The topological polar surface area (TPSA) is 73.1 Å². The Hall–Kier alpha value is -2.95. The highest BCUT2D eigenvalue weighted by Gasteiger charge is 2.43. The Morgan fingerprint density at radius 3 is 2.73 bits per heavy atom. The Kier molecular flexibility index (Phi) is 5.22. The van der Waals surface area contributed by atoms with E-state index in [1.807, 2.05) is 18.4 Å². The normalized spacial score (nSPS) is 16.4. The van der Waals surface area contributed by atoms with Crippen molar-refractivity contribution in [1.29, 1.82) is 0 Å². The summed E-state index contributed by atoms with van der Waals surface area (Å²) in [6.07, 6.45) is -2.63. The van der Waals surface area contributed by atoms with Gasteiger partial charge in [-0.1, -0.05) is 6.92 Å². The second-order valence-electron chi connectivity index (χ2n) is 6.72. The van der Waals surface area contributed by atoms with Gasteiger partial charge in [0.05, 0.1) is 24.9 Å². The van der Waals surface area contributed by atoms with E-state index in [9.17, 15) is 18.0 Å². The van der Waals surface area contributed by atoms with E-state index < -0.39 is 23.3 Å². The van der Waals surface area contributed by atoms with Crippen LogP contribution in [-0.4, -0.2) is 44.4 Å². The van der Waals surface area contributed by atoms with Crippen LogP contribution in [0.3, 0.4) is 0 Å². The molecule has 3 aromatic heterocycles. The van der Waals surface area contributed by atoms with Crippen molar-refractivity contribution >= 4 is 17.2 Å². The molecule has 1 aliphatic heterocycles. The first-order valence-corrected chi connectivity index (χ1v) is 10.1. The molecule has 7 nitrogen and oxygen atoms in total. The highest BCUT2D eigenvalue weighted by atomic mass is 32.1. The minimum atomic E-state index is -4.81. The number of amides is 1. The lowest BCUT2D eigenvalue weighted by atomic mass is 9.97. The molecule has 0 radical (unpaired) electrons. The molecule has 1 unspecified atom stereocenters. The zero-order chi connectivity index (χ0) is 21.5. The average molecular weight is 437 g/mol. The minimum Gasteiger partial charge on any atom is -0.480 e. The third kappa shape index (κ3) is 3.42. The molecular weight excluding hydrogens is 419 g/mol. The lowest BCUT2D eigenvalue weighted by molar-refractivity contribution is -0.143. The Morgan fingerprint density at radius 2 is 2.10 bits per heavy atom. The molecule has 0 fully saturated rings. The molecule has 11 heteroatoms. The predicted octanol–water partition coefficient (Wildman–Crippen LogP) is 3.90. The maximum Gasteiger partial charge on any atom is 0.434 e. The molecule has 0 saturated heterocycles. The number of fused-ring (bicyclic) bond motifs is 1. The van der Waals surface area contributed by atoms with Crippen LogP contribution in [0.2, 0.25) is 0 Å². The van der Waals surface area contributed by atoms with E-state index in [-0.39, 0.29) is 17.7 Å². The number of nitrogens with zero attached hydrogens (tertiary/aromatic N) is 5. The van der Waals surface area contributed by atoms with E-state index in [0.29, 0.717) is 24.1 Å². The lowest BCUT2D eigenvalue weighted by Gasteiger charge is -2.35. The summed E-state index contributed by atoms with van der Waals surface area (Å²) in [6, 6.07) is 4.35. The van der Waals surface area contributed by atoms with Gasteiger partial charge in [0.2, 0.25) is 5.88 Å². The zero-order valence-electron chi connectivity index (χ0n) is 16.2. The molecule has 4 heterocycles. The van der Waals surface area contributed by atoms with Crippen molar-refractivity contribution in [1.82, 2.24) is 24.9 Å². The first-order valence-electron chi connectivity index (χ1n) is 9.25. The molecule has 0 bridgehead atoms. The quantitative estimate of drug-likeness (QED) is 0.619. The maximum absolute atomic E-state index is 14.0. The van der Waals surface area contributed by atoms with Gasteiger partial charge in [-0.05, 0) is 35.9 Å². The molecule has 0 saturated carbocycles. The number of hydrogen-bond donors (Lipinski definition) is 0. The average Bonchev–Trinajstić information content (AvgIpc) is 3.39. The molecule has 1 atom stereocenters. The van der Waals surface area contributed by atoms with Crippen molar-refractivity contribution < 1.29 is 22.7 Å². The summed E-state index contributed by atoms with van der Waals surface area (Å²) in [7, 11) is 1.37. The van der Waals surface area contributed by atoms with Crippen LogP contribution in [0, 0.1) is 0 Å². The molecular formula is C19H18F3N5O2S. The van der Waals surface area contributed by atoms with Crippen molar-refractivity contribution in [3.05, 3.63) is 51.5 Å². The lowest BCUT2D eigenvalue weighted by Crippen LogP contribution is -2.40. The van der Waals surface area contributed by atoms with Crippen LogP contribution in [-0.2, 0) is 12.6 Å². The number of carbonyl (C=O) groups is 1. The minimum absolute atomic E-state index is 0.154. The largest absolute Gasteiger partial charge is 0.480 e. The number of aromatic nitrogens is 4. The number of carbonyl (C=O) groups excluding carboxylic acids is 1. The molecule has 30 heavy (non-hydrogen) atoms. The van der Waals surface area contributed by atoms with Gasteiger partial charge in [-0.15, -0.1) is 21.5 Å². The van der Waals surface area contributed by atoms with Gasteiger partial charge in [-0.25, -0.2) is 4.68 Å². The number of ether oxygens (including phenoxy) is 1. The third-order valence-corrected chi connectivity index (χ3v) is 6.06. The van der Waals surface area contributed by atoms with E-state index in [4.69, 9.17) is 4.74 Å². The van der Waals surface area contributed by atoms with E-state index in [1.54, 1.807) is 11.3 Å². The van der Waals surface area contributed by atoms with Gasteiger partial charge in [0.15, 0.2) is 11.5 Å². The smallest absolute Gasteiger partial charge is 0.434 e. The molecule has 0 spiro atoms. The molecule has 1 aliphatic rings. The first kappa shape index (κ1) is 20.3. The summed E-state index contributed by atoms with van der Waals surface area (Å²) in [5.74, 6) is -0.701. The summed E-state index contributed by atoms with van der Waals surface area (Å²) in [5.41, 5.74) is -0.667. The Balaban J connectivity index is 1.75. The second-order valence-corrected chi connectivity index (χ2v) is 7.72. The highest BCUT2D eigenvalue weighted by Crippen LogP contribution is 2.38. The fourth-order valence-electron chi connectivity index (χ4n) is 3.72. The summed E-state index contributed by atoms with van der Waals surface area (Å²) in [5, 5.41) is 13.2. The van der Waals surface area contributed by atoms with Crippen LogP contribution in [0.4, 0.5) is 13.2 Å². The van der Waals surface area contributed by atoms with E-state index in [0.717, 1.165) is 11.8 Å². The van der Waals surface area contributed by atoms with Gasteiger partial charge in [0, 0.05) is 17.5 Å². The van der Waals surface area contributed by atoms with Gasteiger partial charge in [0.1, 0.15) is 0 Å². The van der Waals surface area contributed by atoms with Gasteiger partial charge < -0.3 is 9.64 Å². The number of methoxy groups -OCH3 is 1. The van der Waals surface area contributed by atoms with Crippen molar-refractivity contribution in [3.63, 3.8) is 0 Å². The van der Waals surface area contributed by atoms with E-state index >= 15 is 0 Å². The molecule has 0 aliphatic carbocycles. The molecule has 3 aromatic rings. The van der Waals surface area contributed by atoms with Crippen LogP contribution in [0.15, 0.2) is 29.8 Å². The van der Waals surface area contributed by atoms with Gasteiger partial charge in [-0.3, -0.25) is 4.79 Å². The highest BCUT2D eigenvalue weighted by molar-refractivity contribution is 7.10. The van der Waals surface area contributed by atoms with E-state index in [1.165, 1.54) is 29.0 Å². The Bertz CT molecular complexity index is 1060. The molecule has 158 valence electrons. The molecule has 0 aromatic carbocycles. The Labute approximate surface area is 174 Å². The van der Waals surface area contributed by atoms with Crippen LogP contribution in [0.5, 0.6) is 5.88 Å². The van der Waals surface area contributed by atoms with Crippen molar-refractivity contribution in [2.24, 2.45) is 0 Å². The standard InChI is InChI=1S/C19H18F3N5O2S/c1-3-13-11-7-9-30-14(11)6-8-26(13)18(28)12-10-23-27(17(12)19(20,21)22)15-4-5-16(29-2)25-24-15/h4-5,7,9-10,13H,3,6,8H2,1-2H3. The van der Waals surface area contributed by atoms with Crippen molar-refractivity contribution in [2.75, 3.05) is 13.7 Å². The molecule has 4 rings (SSSR count). The van der Waals surface area contributed by atoms with Gasteiger partial charge >= 0.3 is 6.18 Å². The third-order valence-electron chi connectivity index (χ3n) is 5.06. The Morgan fingerprint density at radius 1 is 1.30 bits per heavy atom. The number of alkyl halides is 3. The van der Waals surface area contributed by atoms with Crippen LogP contribution >= 0.6 is 11.3 Å². The monoisotopic (exact) mass is 437 g/mol. The fourth-order valence-corrected chi connectivity index (χ4v) is 4.65. The first-order chi connectivity index (χ1) is 14.3. The van der Waals surface area contributed by atoms with Crippen LogP contribution < -0.4 is 4.74 Å². The number of halogens is 3. The second kappa shape index (κ2) is 7.71. The number of rotatable bonds is 4. The van der Waals surface area contributed by atoms with Crippen molar-refractivity contribution in [2.45, 2.75) is 32.0 Å². The summed E-state index contributed by atoms with van der Waals surface area (Å²) in [6.45, 7) is 2.27.